The number of nitrogens with two attached hydrogens (primary N) is 1. The fourth-order valence-electron chi connectivity index (χ4n) is 2.92. The van der Waals surface area contributed by atoms with E-state index < -0.39 is 11.2 Å². The van der Waals surface area contributed by atoms with Crippen LogP contribution in [-0.4, -0.2) is 32.0 Å². The summed E-state index contributed by atoms with van der Waals surface area (Å²) in [6.07, 6.45) is 4.46. The minimum atomic E-state index is -0.559. The lowest BCUT2D eigenvalue weighted by atomic mass is 9.91. The van der Waals surface area contributed by atoms with Crippen molar-refractivity contribution in [2.75, 3.05) is 0 Å². The highest BCUT2D eigenvalue weighted by Crippen LogP contribution is 2.22. The molecule has 0 bridgehead atoms. The van der Waals surface area contributed by atoms with Gasteiger partial charge in [0.2, 0.25) is 5.88 Å². The Morgan fingerprint density at radius 1 is 1.27 bits per heavy atom. The first kappa shape index (κ1) is 16.5. The highest BCUT2D eigenvalue weighted by atomic mass is 16.3. The van der Waals surface area contributed by atoms with Crippen molar-refractivity contribution >= 4 is 5.71 Å². The van der Waals surface area contributed by atoms with Gasteiger partial charge >= 0.3 is 5.69 Å². The van der Waals surface area contributed by atoms with Crippen LogP contribution in [-0.2, 0) is 14.1 Å². The maximum atomic E-state index is 12.4. The van der Waals surface area contributed by atoms with Gasteiger partial charge in [0.05, 0.1) is 11.8 Å². The molecule has 7 nitrogen and oxygen atoms in total. The van der Waals surface area contributed by atoms with Crippen LogP contribution in [0.15, 0.2) is 14.6 Å². The van der Waals surface area contributed by atoms with Crippen molar-refractivity contribution in [2.24, 2.45) is 24.8 Å². The molecule has 0 amide bonds. The van der Waals surface area contributed by atoms with Crippen LogP contribution in [0.1, 0.15) is 44.6 Å². The molecule has 0 radical (unpaired) electrons. The van der Waals surface area contributed by atoms with Crippen molar-refractivity contribution in [3.8, 4) is 5.88 Å². The molecule has 1 aromatic heterocycles. The van der Waals surface area contributed by atoms with Crippen molar-refractivity contribution in [2.45, 2.75) is 51.1 Å². The summed E-state index contributed by atoms with van der Waals surface area (Å²) in [5, 5.41) is 10.2. The van der Waals surface area contributed by atoms with Gasteiger partial charge in [-0.25, -0.2) is 4.79 Å². The first-order chi connectivity index (χ1) is 10.4. The Morgan fingerprint density at radius 3 is 2.50 bits per heavy atom. The Morgan fingerprint density at radius 2 is 1.91 bits per heavy atom. The van der Waals surface area contributed by atoms with Crippen LogP contribution >= 0.6 is 0 Å². The van der Waals surface area contributed by atoms with E-state index in [-0.39, 0.29) is 23.5 Å². The van der Waals surface area contributed by atoms with Gasteiger partial charge in [0, 0.05) is 20.1 Å². The normalized spacial score (nSPS) is 22.8. The molecule has 2 unspecified atom stereocenters. The second-order valence-electron chi connectivity index (χ2n) is 5.85. The van der Waals surface area contributed by atoms with E-state index in [4.69, 9.17) is 5.73 Å². The number of rotatable bonds is 3. The Bertz CT molecular complexity index is 702. The van der Waals surface area contributed by atoms with Crippen LogP contribution in [0.4, 0.5) is 0 Å². The van der Waals surface area contributed by atoms with Crippen molar-refractivity contribution in [3.63, 3.8) is 0 Å². The highest BCUT2D eigenvalue weighted by Gasteiger charge is 2.24. The molecule has 2 atom stereocenters. The number of hydrogen-bond donors (Lipinski definition) is 2. The lowest BCUT2D eigenvalue weighted by Gasteiger charge is -2.26. The Balaban J connectivity index is 2.57. The molecule has 3 N–H and O–H groups in total. The van der Waals surface area contributed by atoms with E-state index in [2.05, 4.69) is 4.99 Å². The predicted octanol–water partition coefficient (Wildman–Crippen LogP) is 0.259. The van der Waals surface area contributed by atoms with Gasteiger partial charge in [-0.3, -0.25) is 18.9 Å². The average Bonchev–Trinajstić information content (AvgIpc) is 2.52. The first-order valence-corrected chi connectivity index (χ1v) is 7.70. The average molecular weight is 308 g/mol. The summed E-state index contributed by atoms with van der Waals surface area (Å²) in [6.45, 7) is 1.87. The van der Waals surface area contributed by atoms with Gasteiger partial charge in [0.15, 0.2) is 0 Å². The second-order valence-corrected chi connectivity index (χ2v) is 5.85. The molecule has 0 spiro atoms. The van der Waals surface area contributed by atoms with Gasteiger partial charge in [-0.1, -0.05) is 19.8 Å². The number of hydrogen-bond acceptors (Lipinski definition) is 5. The van der Waals surface area contributed by atoms with Gasteiger partial charge in [-0.2, -0.15) is 0 Å². The summed E-state index contributed by atoms with van der Waals surface area (Å²) in [7, 11) is 2.83. The third kappa shape index (κ3) is 2.85. The topological polar surface area (TPSA) is 103 Å². The molecule has 22 heavy (non-hydrogen) atoms. The van der Waals surface area contributed by atoms with Crippen molar-refractivity contribution in [1.29, 1.82) is 0 Å². The SMILES string of the molecule is CCC(=NC1CCCCC1N)c1c(O)n(C)c(=O)n(C)c1=O. The molecule has 0 aliphatic heterocycles. The van der Waals surface area contributed by atoms with E-state index in [0.717, 1.165) is 34.8 Å². The molecule has 1 heterocycles. The molecule has 1 saturated carbocycles. The van der Waals surface area contributed by atoms with Crippen LogP contribution in [0.3, 0.4) is 0 Å². The summed E-state index contributed by atoms with van der Waals surface area (Å²) < 4.78 is 2.05. The van der Waals surface area contributed by atoms with Gasteiger partial charge in [0.1, 0.15) is 5.56 Å². The summed E-state index contributed by atoms with van der Waals surface area (Å²) in [6, 6.07) is -0.0566. The number of aromatic hydroxyl groups is 1. The summed E-state index contributed by atoms with van der Waals surface area (Å²) in [4.78, 5) is 28.8. The lowest BCUT2D eigenvalue weighted by molar-refractivity contribution is 0.385. The van der Waals surface area contributed by atoms with E-state index in [1.54, 1.807) is 0 Å². The number of aromatic nitrogens is 2. The third-order valence-corrected chi connectivity index (χ3v) is 4.36. The summed E-state index contributed by atoms with van der Waals surface area (Å²) in [5.74, 6) is -0.335. The Labute approximate surface area is 129 Å². The van der Waals surface area contributed by atoms with Crippen LogP contribution in [0.2, 0.25) is 0 Å². The molecule has 0 saturated heterocycles. The number of nitrogens with zero attached hydrogens (tertiary/aromatic N) is 3. The third-order valence-electron chi connectivity index (χ3n) is 4.36. The van der Waals surface area contributed by atoms with E-state index in [0.29, 0.717) is 12.1 Å². The zero-order valence-corrected chi connectivity index (χ0v) is 13.4. The van der Waals surface area contributed by atoms with Crippen LogP contribution < -0.4 is 17.0 Å². The van der Waals surface area contributed by atoms with Crippen LogP contribution in [0, 0.1) is 0 Å². The molecule has 0 aromatic carbocycles. The van der Waals surface area contributed by atoms with Crippen molar-refractivity contribution in [1.82, 2.24) is 9.13 Å². The second kappa shape index (κ2) is 6.48. The molecule has 7 heteroatoms. The molecule has 1 aliphatic rings. The Hall–Kier alpha value is -1.89. The summed E-state index contributed by atoms with van der Waals surface area (Å²) >= 11 is 0. The van der Waals surface area contributed by atoms with Crippen molar-refractivity contribution in [3.05, 3.63) is 26.4 Å². The molecule has 1 aromatic rings. The van der Waals surface area contributed by atoms with E-state index >= 15 is 0 Å². The maximum absolute atomic E-state index is 12.4. The molecule has 1 fully saturated rings. The smallest absolute Gasteiger partial charge is 0.333 e. The van der Waals surface area contributed by atoms with Gasteiger partial charge in [-0.05, 0) is 19.3 Å². The molecule has 2 rings (SSSR count). The zero-order valence-electron chi connectivity index (χ0n) is 13.4. The minimum Gasteiger partial charge on any atom is -0.494 e. The molecule has 1 aliphatic carbocycles. The first-order valence-electron chi connectivity index (χ1n) is 7.70. The lowest BCUT2D eigenvalue weighted by Crippen LogP contribution is -2.41. The summed E-state index contributed by atoms with van der Waals surface area (Å²) in [5.41, 5.74) is 5.64. The fraction of sp³-hybridized carbons (Fsp3) is 0.667. The molecular weight excluding hydrogens is 284 g/mol. The molecule has 122 valence electrons. The van der Waals surface area contributed by atoms with Crippen LogP contribution in [0.5, 0.6) is 5.88 Å². The quantitative estimate of drug-likeness (QED) is 0.782. The Kier molecular flexibility index (Phi) is 4.85. The predicted molar refractivity (Wildman–Crippen MR) is 85.6 cm³/mol. The fourth-order valence-corrected chi connectivity index (χ4v) is 2.92. The monoisotopic (exact) mass is 308 g/mol. The van der Waals surface area contributed by atoms with Crippen LogP contribution in [0.25, 0.3) is 0 Å². The van der Waals surface area contributed by atoms with Gasteiger partial charge in [0.25, 0.3) is 5.56 Å². The van der Waals surface area contributed by atoms with Gasteiger partial charge < -0.3 is 10.8 Å². The van der Waals surface area contributed by atoms with E-state index in [1.165, 1.54) is 14.1 Å². The highest BCUT2D eigenvalue weighted by molar-refractivity contribution is 6.02. The minimum absolute atomic E-state index is 0.0196. The maximum Gasteiger partial charge on any atom is 0.333 e. The van der Waals surface area contributed by atoms with Gasteiger partial charge in [-0.15, -0.1) is 0 Å². The number of aliphatic imine (C=N–C) groups is 1. The zero-order chi connectivity index (χ0) is 16.4. The standard InChI is InChI=1S/C15H24N4O3/c1-4-10(17-11-8-6-5-7-9(11)16)12-13(20)18(2)15(22)19(3)14(12)21/h9,11,20H,4-8,16H2,1-3H3. The van der Waals surface area contributed by atoms with E-state index in [9.17, 15) is 14.7 Å². The largest absolute Gasteiger partial charge is 0.494 e. The molecular formula is C15H24N4O3. The van der Waals surface area contributed by atoms with Crippen molar-refractivity contribution < 1.29 is 5.11 Å². The van der Waals surface area contributed by atoms with E-state index in [1.807, 2.05) is 6.92 Å².